The van der Waals surface area contributed by atoms with E-state index < -0.39 is 0 Å². The molecule has 24 heavy (non-hydrogen) atoms. The zero-order valence-corrected chi connectivity index (χ0v) is 14.3. The van der Waals surface area contributed by atoms with Crippen molar-refractivity contribution in [1.29, 1.82) is 0 Å². The van der Waals surface area contributed by atoms with Crippen LogP contribution in [-0.4, -0.2) is 29.0 Å². The average molecular weight is 345 g/mol. The van der Waals surface area contributed by atoms with Gasteiger partial charge >= 0.3 is 0 Å². The Bertz CT molecular complexity index is 684. The van der Waals surface area contributed by atoms with E-state index in [0.29, 0.717) is 23.6 Å². The van der Waals surface area contributed by atoms with Gasteiger partial charge in [-0.2, -0.15) is 0 Å². The maximum atomic E-state index is 12.0. The fraction of sp³-hybridized carbons (Fsp3) is 0.389. The number of benzene rings is 1. The van der Waals surface area contributed by atoms with Crippen molar-refractivity contribution in [2.45, 2.75) is 32.1 Å². The quantitative estimate of drug-likeness (QED) is 0.898. The van der Waals surface area contributed by atoms with Crippen molar-refractivity contribution in [3.8, 4) is 0 Å². The number of nitrogens with zero attached hydrogens (tertiary/aromatic N) is 3. The Balaban J connectivity index is 1.50. The zero-order valence-electron chi connectivity index (χ0n) is 13.5. The summed E-state index contributed by atoms with van der Waals surface area (Å²) in [6, 6.07) is 7.57. The molecule has 126 valence electrons. The molecule has 0 unspecified atom stereocenters. The van der Waals surface area contributed by atoms with Crippen molar-refractivity contribution in [1.82, 2.24) is 9.97 Å². The van der Waals surface area contributed by atoms with Gasteiger partial charge in [0.15, 0.2) is 0 Å². The van der Waals surface area contributed by atoms with Gasteiger partial charge in [-0.25, -0.2) is 9.97 Å². The molecule has 1 aliphatic rings. The van der Waals surface area contributed by atoms with Crippen LogP contribution in [0.5, 0.6) is 0 Å². The molecule has 6 heteroatoms. The molecule has 1 aliphatic heterocycles. The summed E-state index contributed by atoms with van der Waals surface area (Å²) in [4.78, 5) is 23.0. The lowest BCUT2D eigenvalue weighted by Crippen LogP contribution is -2.30. The van der Waals surface area contributed by atoms with Crippen molar-refractivity contribution < 1.29 is 4.79 Å². The molecule has 5 nitrogen and oxygen atoms in total. The van der Waals surface area contributed by atoms with Gasteiger partial charge in [-0.15, -0.1) is 0 Å². The number of rotatable bonds is 5. The number of carbonyl (C=O) groups excluding carboxylic acids is 1. The van der Waals surface area contributed by atoms with E-state index in [2.05, 4.69) is 20.2 Å². The number of piperidine rings is 1. The third-order valence-electron chi connectivity index (χ3n) is 4.09. The Morgan fingerprint density at radius 3 is 2.62 bits per heavy atom. The van der Waals surface area contributed by atoms with E-state index >= 15 is 0 Å². The Hall–Kier alpha value is -2.14. The molecule has 0 radical (unpaired) electrons. The minimum atomic E-state index is -0.0516. The predicted octanol–water partition coefficient (Wildman–Crippen LogP) is 3.69. The Morgan fingerprint density at radius 2 is 1.92 bits per heavy atom. The second kappa shape index (κ2) is 8.11. The molecule has 2 heterocycles. The second-order valence-electron chi connectivity index (χ2n) is 6.00. The van der Waals surface area contributed by atoms with Gasteiger partial charge < -0.3 is 10.2 Å². The standard InChI is InChI=1S/C18H21ClN4O/c19-15-6-4-5-14(11-15)7-8-17(24)22-16-12-20-18(21-13-16)23-9-2-1-3-10-23/h4-6,11-13H,1-3,7-10H2,(H,22,24). The number of aryl methyl sites for hydroxylation is 1. The van der Waals surface area contributed by atoms with Gasteiger partial charge in [0, 0.05) is 24.5 Å². The van der Waals surface area contributed by atoms with Crippen LogP contribution < -0.4 is 10.2 Å². The summed E-state index contributed by atoms with van der Waals surface area (Å²) in [5.41, 5.74) is 1.68. The molecule has 1 fully saturated rings. The molecule has 0 saturated carbocycles. The van der Waals surface area contributed by atoms with Crippen molar-refractivity contribution in [2.24, 2.45) is 0 Å². The first-order chi connectivity index (χ1) is 11.7. The van der Waals surface area contributed by atoms with Crippen LogP contribution in [0, 0.1) is 0 Å². The van der Waals surface area contributed by atoms with E-state index in [1.807, 2.05) is 24.3 Å². The van der Waals surface area contributed by atoms with Crippen molar-refractivity contribution in [2.75, 3.05) is 23.3 Å². The molecule has 0 spiro atoms. The lowest BCUT2D eigenvalue weighted by Gasteiger charge is -2.26. The maximum Gasteiger partial charge on any atom is 0.225 e. The molecule has 3 rings (SSSR count). The Morgan fingerprint density at radius 1 is 1.17 bits per heavy atom. The highest BCUT2D eigenvalue weighted by Crippen LogP contribution is 2.16. The van der Waals surface area contributed by atoms with Crippen molar-refractivity contribution in [3.63, 3.8) is 0 Å². The first kappa shape index (κ1) is 16.7. The van der Waals surface area contributed by atoms with E-state index in [1.165, 1.54) is 19.3 Å². The molecule has 1 aromatic heterocycles. The fourth-order valence-corrected chi connectivity index (χ4v) is 3.03. The minimum Gasteiger partial charge on any atom is -0.341 e. The summed E-state index contributed by atoms with van der Waals surface area (Å²) in [6.45, 7) is 2.01. The highest BCUT2D eigenvalue weighted by Gasteiger charge is 2.13. The zero-order chi connectivity index (χ0) is 16.8. The van der Waals surface area contributed by atoms with Crippen LogP contribution in [-0.2, 0) is 11.2 Å². The number of aromatic nitrogens is 2. The third kappa shape index (κ3) is 4.68. The largest absolute Gasteiger partial charge is 0.341 e. The third-order valence-corrected chi connectivity index (χ3v) is 4.33. The van der Waals surface area contributed by atoms with E-state index in [9.17, 15) is 4.79 Å². The Labute approximate surface area is 147 Å². The minimum absolute atomic E-state index is 0.0516. The van der Waals surface area contributed by atoms with Crippen LogP contribution in [0.1, 0.15) is 31.2 Å². The van der Waals surface area contributed by atoms with Gasteiger partial charge in [-0.05, 0) is 43.4 Å². The number of hydrogen-bond acceptors (Lipinski definition) is 4. The van der Waals surface area contributed by atoms with E-state index in [-0.39, 0.29) is 5.91 Å². The van der Waals surface area contributed by atoms with Crippen molar-refractivity contribution in [3.05, 3.63) is 47.2 Å². The SMILES string of the molecule is O=C(CCc1cccc(Cl)c1)Nc1cnc(N2CCCCC2)nc1. The number of nitrogens with one attached hydrogen (secondary N) is 1. The molecular weight excluding hydrogens is 324 g/mol. The molecule has 1 N–H and O–H groups in total. The molecule has 0 bridgehead atoms. The molecule has 1 saturated heterocycles. The number of hydrogen-bond donors (Lipinski definition) is 1. The van der Waals surface area contributed by atoms with Crippen molar-refractivity contribution >= 4 is 29.1 Å². The Kier molecular flexibility index (Phi) is 5.64. The van der Waals surface area contributed by atoms with Crippen LogP contribution in [0.2, 0.25) is 5.02 Å². The monoisotopic (exact) mass is 344 g/mol. The van der Waals surface area contributed by atoms with Gasteiger partial charge in [0.2, 0.25) is 11.9 Å². The molecule has 0 aliphatic carbocycles. The first-order valence-electron chi connectivity index (χ1n) is 8.32. The van der Waals surface area contributed by atoms with Crippen LogP contribution in [0.15, 0.2) is 36.7 Å². The molecule has 1 amide bonds. The van der Waals surface area contributed by atoms with Gasteiger partial charge in [0.1, 0.15) is 0 Å². The number of halogens is 1. The number of amides is 1. The maximum absolute atomic E-state index is 12.0. The lowest BCUT2D eigenvalue weighted by atomic mass is 10.1. The smallest absolute Gasteiger partial charge is 0.225 e. The van der Waals surface area contributed by atoms with Crippen LogP contribution in [0.25, 0.3) is 0 Å². The highest BCUT2D eigenvalue weighted by atomic mass is 35.5. The lowest BCUT2D eigenvalue weighted by molar-refractivity contribution is -0.116. The molecule has 0 atom stereocenters. The summed E-state index contributed by atoms with van der Waals surface area (Å²) in [5.74, 6) is 0.691. The molecule has 1 aromatic carbocycles. The molecular formula is C18H21ClN4O. The summed E-state index contributed by atoms with van der Waals surface area (Å²) in [5, 5.41) is 3.53. The van der Waals surface area contributed by atoms with Crippen LogP contribution in [0.3, 0.4) is 0 Å². The summed E-state index contributed by atoms with van der Waals surface area (Å²) < 4.78 is 0. The van der Waals surface area contributed by atoms with E-state index in [4.69, 9.17) is 11.6 Å². The van der Waals surface area contributed by atoms with E-state index in [1.54, 1.807) is 12.4 Å². The predicted molar refractivity (Wildman–Crippen MR) is 96.5 cm³/mol. The van der Waals surface area contributed by atoms with Crippen LogP contribution in [0.4, 0.5) is 11.6 Å². The average Bonchev–Trinajstić information content (AvgIpc) is 2.61. The van der Waals surface area contributed by atoms with E-state index in [0.717, 1.165) is 24.6 Å². The van der Waals surface area contributed by atoms with Gasteiger partial charge in [0.25, 0.3) is 0 Å². The second-order valence-corrected chi connectivity index (χ2v) is 6.43. The summed E-state index contributed by atoms with van der Waals surface area (Å²) in [7, 11) is 0. The topological polar surface area (TPSA) is 58.1 Å². The summed E-state index contributed by atoms with van der Waals surface area (Å²) >= 11 is 5.95. The normalized spacial score (nSPS) is 14.5. The fourth-order valence-electron chi connectivity index (χ4n) is 2.82. The first-order valence-corrected chi connectivity index (χ1v) is 8.70. The van der Waals surface area contributed by atoms with Crippen LogP contribution >= 0.6 is 11.6 Å². The van der Waals surface area contributed by atoms with Gasteiger partial charge in [-0.1, -0.05) is 23.7 Å². The molecule has 2 aromatic rings. The number of carbonyl (C=O) groups is 1. The van der Waals surface area contributed by atoms with Gasteiger partial charge in [0.05, 0.1) is 18.1 Å². The number of anilines is 2. The van der Waals surface area contributed by atoms with Gasteiger partial charge in [-0.3, -0.25) is 4.79 Å². The highest BCUT2D eigenvalue weighted by molar-refractivity contribution is 6.30. The summed E-state index contributed by atoms with van der Waals surface area (Å²) in [6.07, 6.45) is 8.05.